The zero-order valence-electron chi connectivity index (χ0n) is 16.2. The predicted molar refractivity (Wildman–Crippen MR) is 124 cm³/mol. The summed E-state index contributed by atoms with van der Waals surface area (Å²) < 4.78 is 0. The number of guanidine groups is 1. The van der Waals surface area contributed by atoms with Gasteiger partial charge in [0.05, 0.1) is 0 Å². The van der Waals surface area contributed by atoms with Crippen molar-refractivity contribution in [1.82, 2.24) is 15.2 Å². The summed E-state index contributed by atoms with van der Waals surface area (Å²) in [5.41, 5.74) is 1.40. The third-order valence-electron chi connectivity index (χ3n) is 4.99. The van der Waals surface area contributed by atoms with Gasteiger partial charge in [0.1, 0.15) is 5.82 Å². The minimum Gasteiger partial charge on any atom is -0.356 e. The van der Waals surface area contributed by atoms with Gasteiger partial charge < -0.3 is 15.1 Å². The van der Waals surface area contributed by atoms with Crippen molar-refractivity contribution in [3.63, 3.8) is 0 Å². The van der Waals surface area contributed by atoms with Gasteiger partial charge in [0.2, 0.25) is 0 Å². The van der Waals surface area contributed by atoms with Crippen molar-refractivity contribution in [1.29, 1.82) is 0 Å². The Morgan fingerprint density at radius 1 is 1.07 bits per heavy atom. The fourth-order valence-electron chi connectivity index (χ4n) is 3.37. The van der Waals surface area contributed by atoms with Gasteiger partial charge in [-0.1, -0.05) is 43.3 Å². The standard InChI is InChI=1S/C21H29N5.HI/c1-18(19-8-4-3-5-9-19)11-13-24-21(22-2)26-16-14-25(15-17-26)20-10-6-7-12-23-20;/h3-10,12,18H,11,13-17H2,1-2H3,(H,22,24);1H. The van der Waals surface area contributed by atoms with Crippen LogP contribution in [0.3, 0.4) is 0 Å². The Morgan fingerprint density at radius 2 is 1.78 bits per heavy atom. The largest absolute Gasteiger partial charge is 0.356 e. The monoisotopic (exact) mass is 479 g/mol. The van der Waals surface area contributed by atoms with Gasteiger partial charge in [-0.2, -0.15) is 0 Å². The van der Waals surface area contributed by atoms with Crippen molar-refractivity contribution in [2.75, 3.05) is 44.7 Å². The maximum atomic E-state index is 4.48. The van der Waals surface area contributed by atoms with Gasteiger partial charge in [-0.25, -0.2) is 4.98 Å². The number of hydrogen-bond acceptors (Lipinski definition) is 3. The van der Waals surface area contributed by atoms with E-state index in [4.69, 9.17) is 0 Å². The Labute approximate surface area is 179 Å². The maximum absolute atomic E-state index is 4.48. The number of nitrogens with one attached hydrogen (secondary N) is 1. The molecule has 1 aliphatic heterocycles. The zero-order chi connectivity index (χ0) is 18.2. The molecular formula is C21H30IN5. The molecule has 1 saturated heterocycles. The summed E-state index contributed by atoms with van der Waals surface area (Å²) in [5.74, 6) is 2.61. The third kappa shape index (κ3) is 6.09. The lowest BCUT2D eigenvalue weighted by Gasteiger charge is -2.37. The predicted octanol–water partition coefficient (Wildman–Crippen LogP) is 3.59. The molecule has 0 bridgehead atoms. The number of hydrogen-bond donors (Lipinski definition) is 1. The van der Waals surface area contributed by atoms with Crippen molar-refractivity contribution in [3.8, 4) is 0 Å². The minimum absolute atomic E-state index is 0. The molecule has 1 unspecified atom stereocenters. The molecule has 0 aliphatic carbocycles. The quantitative estimate of drug-likeness (QED) is 0.405. The Hall–Kier alpha value is -1.83. The van der Waals surface area contributed by atoms with E-state index in [9.17, 15) is 0 Å². The highest BCUT2D eigenvalue weighted by Gasteiger charge is 2.20. The number of piperazine rings is 1. The second-order valence-electron chi connectivity index (χ2n) is 6.74. The minimum atomic E-state index is 0. The molecule has 2 aromatic rings. The van der Waals surface area contributed by atoms with Gasteiger partial charge in [-0.3, -0.25) is 4.99 Å². The highest BCUT2D eigenvalue weighted by atomic mass is 127. The third-order valence-corrected chi connectivity index (χ3v) is 4.99. The summed E-state index contributed by atoms with van der Waals surface area (Å²) in [7, 11) is 1.87. The molecule has 0 spiro atoms. The number of rotatable bonds is 5. The van der Waals surface area contributed by atoms with E-state index in [1.807, 2.05) is 25.4 Å². The molecule has 1 N–H and O–H groups in total. The average molecular weight is 479 g/mol. The van der Waals surface area contributed by atoms with Gasteiger partial charge in [0, 0.05) is 46.0 Å². The molecule has 6 heteroatoms. The van der Waals surface area contributed by atoms with E-state index in [2.05, 4.69) is 68.4 Å². The van der Waals surface area contributed by atoms with Crippen molar-refractivity contribution < 1.29 is 0 Å². The molecule has 2 heterocycles. The summed E-state index contributed by atoms with van der Waals surface area (Å²) in [5, 5.41) is 3.54. The lowest BCUT2D eigenvalue weighted by molar-refractivity contribution is 0.371. The Balaban J connectivity index is 0.00000261. The number of aromatic nitrogens is 1. The maximum Gasteiger partial charge on any atom is 0.193 e. The first-order valence-electron chi connectivity index (χ1n) is 9.44. The van der Waals surface area contributed by atoms with Gasteiger partial charge in [-0.15, -0.1) is 24.0 Å². The molecule has 1 aliphatic rings. The van der Waals surface area contributed by atoms with Gasteiger partial charge in [0.25, 0.3) is 0 Å². The van der Waals surface area contributed by atoms with Crippen LogP contribution in [0, 0.1) is 0 Å². The summed E-state index contributed by atoms with van der Waals surface area (Å²) in [6.07, 6.45) is 2.95. The van der Waals surface area contributed by atoms with Crippen LogP contribution in [-0.2, 0) is 0 Å². The molecule has 3 rings (SSSR count). The van der Waals surface area contributed by atoms with Gasteiger partial charge in [-0.05, 0) is 30.0 Å². The number of benzene rings is 1. The Bertz CT molecular complexity index is 684. The highest BCUT2D eigenvalue weighted by molar-refractivity contribution is 14.0. The molecule has 1 aromatic heterocycles. The van der Waals surface area contributed by atoms with Gasteiger partial charge in [0.15, 0.2) is 5.96 Å². The molecule has 27 heavy (non-hydrogen) atoms. The van der Waals surface area contributed by atoms with Crippen molar-refractivity contribution >= 4 is 35.8 Å². The average Bonchev–Trinajstić information content (AvgIpc) is 2.72. The van der Waals surface area contributed by atoms with E-state index in [0.29, 0.717) is 5.92 Å². The van der Waals surface area contributed by atoms with Crippen LogP contribution in [-0.4, -0.2) is 55.6 Å². The van der Waals surface area contributed by atoms with Crippen molar-refractivity contribution in [2.24, 2.45) is 4.99 Å². The number of anilines is 1. The van der Waals surface area contributed by atoms with Crippen LogP contribution in [0.1, 0.15) is 24.8 Å². The lowest BCUT2D eigenvalue weighted by atomic mass is 9.98. The fourth-order valence-corrected chi connectivity index (χ4v) is 3.37. The fraction of sp³-hybridized carbons (Fsp3) is 0.429. The first-order chi connectivity index (χ1) is 12.8. The SMILES string of the molecule is CN=C(NCCC(C)c1ccccc1)N1CCN(c2ccccn2)CC1.I. The summed E-state index contributed by atoms with van der Waals surface area (Å²) in [6.45, 7) is 7.08. The Kier molecular flexibility index (Phi) is 8.84. The molecule has 5 nitrogen and oxygen atoms in total. The lowest BCUT2D eigenvalue weighted by Crippen LogP contribution is -2.52. The van der Waals surface area contributed by atoms with E-state index < -0.39 is 0 Å². The van der Waals surface area contributed by atoms with Crippen molar-refractivity contribution in [2.45, 2.75) is 19.3 Å². The van der Waals surface area contributed by atoms with Crippen LogP contribution in [0.25, 0.3) is 0 Å². The van der Waals surface area contributed by atoms with Crippen molar-refractivity contribution in [3.05, 3.63) is 60.3 Å². The molecule has 1 fully saturated rings. The second kappa shape index (κ2) is 11.1. The van der Waals surface area contributed by atoms with Crippen LogP contribution in [0.4, 0.5) is 5.82 Å². The Morgan fingerprint density at radius 3 is 2.41 bits per heavy atom. The van der Waals surface area contributed by atoms with E-state index in [1.54, 1.807) is 0 Å². The summed E-state index contributed by atoms with van der Waals surface area (Å²) in [4.78, 5) is 13.6. The van der Waals surface area contributed by atoms with Crippen LogP contribution in [0.5, 0.6) is 0 Å². The van der Waals surface area contributed by atoms with E-state index in [-0.39, 0.29) is 24.0 Å². The number of aliphatic imine (C=N–C) groups is 1. The van der Waals surface area contributed by atoms with Crippen LogP contribution < -0.4 is 10.2 Å². The van der Waals surface area contributed by atoms with E-state index in [1.165, 1.54) is 5.56 Å². The molecule has 1 aromatic carbocycles. The molecule has 0 amide bonds. The molecule has 0 saturated carbocycles. The van der Waals surface area contributed by atoms with Gasteiger partial charge >= 0.3 is 0 Å². The normalized spacial score (nSPS) is 15.9. The molecule has 0 radical (unpaired) electrons. The topological polar surface area (TPSA) is 43.8 Å². The molecular weight excluding hydrogens is 449 g/mol. The smallest absolute Gasteiger partial charge is 0.193 e. The second-order valence-corrected chi connectivity index (χ2v) is 6.74. The molecule has 146 valence electrons. The van der Waals surface area contributed by atoms with Crippen LogP contribution in [0.2, 0.25) is 0 Å². The summed E-state index contributed by atoms with van der Waals surface area (Å²) >= 11 is 0. The van der Waals surface area contributed by atoms with Crippen LogP contribution in [0.15, 0.2) is 59.7 Å². The summed E-state index contributed by atoms with van der Waals surface area (Å²) in [6, 6.07) is 16.8. The highest BCUT2D eigenvalue weighted by Crippen LogP contribution is 2.17. The molecule has 1 atom stereocenters. The number of nitrogens with zero attached hydrogens (tertiary/aromatic N) is 4. The zero-order valence-corrected chi connectivity index (χ0v) is 18.5. The van der Waals surface area contributed by atoms with Crippen LogP contribution >= 0.6 is 24.0 Å². The first-order valence-corrected chi connectivity index (χ1v) is 9.44. The number of halogens is 1. The first kappa shape index (κ1) is 21.5. The van der Waals surface area contributed by atoms with E-state index >= 15 is 0 Å². The van der Waals surface area contributed by atoms with E-state index in [0.717, 1.165) is 50.9 Å². The number of pyridine rings is 1.